The molecule has 3 N–H and O–H groups in total. The zero-order chi connectivity index (χ0) is 11.1. The Balaban J connectivity index is 2.00. The Hall–Kier alpha value is -0.800. The second-order valence-corrected chi connectivity index (χ2v) is 5.15. The molecule has 2 aliphatic rings. The average Bonchev–Trinajstić information content (AvgIpc) is 2.82. The number of fused-ring (bicyclic) bond motifs is 3. The van der Waals surface area contributed by atoms with Crippen molar-refractivity contribution in [2.75, 3.05) is 20.1 Å². The molecule has 0 saturated carbocycles. The van der Waals surface area contributed by atoms with Gasteiger partial charge in [-0.25, -0.2) is 0 Å². The van der Waals surface area contributed by atoms with E-state index < -0.39 is 0 Å². The molecule has 0 amide bonds. The largest absolute Gasteiger partial charge is 0.360 e. The van der Waals surface area contributed by atoms with Gasteiger partial charge in [-0.05, 0) is 56.8 Å². The number of rotatable bonds is 2. The summed E-state index contributed by atoms with van der Waals surface area (Å²) in [5.41, 5.74) is 12.0. The number of nitrogens with two attached hydrogens (primary N) is 1. The first kappa shape index (κ1) is 10.4. The van der Waals surface area contributed by atoms with E-state index in [2.05, 4.69) is 16.9 Å². The van der Waals surface area contributed by atoms with Gasteiger partial charge in [0.25, 0.3) is 0 Å². The van der Waals surface area contributed by atoms with Gasteiger partial charge < -0.3 is 10.7 Å². The number of hydrogen-bond acceptors (Lipinski definition) is 2. The third-order valence-corrected chi connectivity index (χ3v) is 4.21. The minimum Gasteiger partial charge on any atom is -0.360 e. The SMILES string of the molecule is CN1CCc2c([nH]c3c2CCC3)C1CCN. The van der Waals surface area contributed by atoms with Gasteiger partial charge in [0.1, 0.15) is 0 Å². The van der Waals surface area contributed by atoms with E-state index in [0.29, 0.717) is 6.04 Å². The maximum Gasteiger partial charge on any atom is 0.0510 e. The minimum atomic E-state index is 0.527. The summed E-state index contributed by atoms with van der Waals surface area (Å²) < 4.78 is 0. The molecule has 0 bridgehead atoms. The maximum atomic E-state index is 5.73. The molecule has 16 heavy (non-hydrogen) atoms. The van der Waals surface area contributed by atoms with Crippen LogP contribution in [0.5, 0.6) is 0 Å². The summed E-state index contributed by atoms with van der Waals surface area (Å²) in [5, 5.41) is 0. The normalized spacial score (nSPS) is 24.5. The molecule has 3 rings (SSSR count). The number of nitrogens with one attached hydrogen (secondary N) is 1. The van der Waals surface area contributed by atoms with Gasteiger partial charge in [0.05, 0.1) is 6.04 Å². The Labute approximate surface area is 97.0 Å². The number of aromatic nitrogens is 1. The van der Waals surface area contributed by atoms with Crippen LogP contribution in [0.15, 0.2) is 0 Å². The molecule has 1 aromatic heterocycles. The monoisotopic (exact) mass is 219 g/mol. The molecule has 0 spiro atoms. The Morgan fingerprint density at radius 3 is 3.00 bits per heavy atom. The predicted octanol–water partition coefficient (Wildman–Crippen LogP) is 1.38. The van der Waals surface area contributed by atoms with Gasteiger partial charge >= 0.3 is 0 Å². The average molecular weight is 219 g/mol. The van der Waals surface area contributed by atoms with Crippen molar-refractivity contribution in [2.24, 2.45) is 5.73 Å². The Morgan fingerprint density at radius 2 is 2.19 bits per heavy atom. The molecular formula is C13H21N3. The summed E-state index contributed by atoms with van der Waals surface area (Å²) in [6.45, 7) is 1.96. The smallest absolute Gasteiger partial charge is 0.0510 e. The van der Waals surface area contributed by atoms with Crippen molar-refractivity contribution in [2.45, 2.75) is 38.1 Å². The molecule has 1 unspecified atom stereocenters. The summed E-state index contributed by atoms with van der Waals surface area (Å²) >= 11 is 0. The van der Waals surface area contributed by atoms with Crippen LogP contribution in [0, 0.1) is 0 Å². The highest BCUT2D eigenvalue weighted by Gasteiger charge is 2.30. The molecule has 3 nitrogen and oxygen atoms in total. The molecule has 1 aromatic rings. The summed E-state index contributed by atoms with van der Waals surface area (Å²) in [7, 11) is 2.22. The lowest BCUT2D eigenvalue weighted by Gasteiger charge is -2.32. The Morgan fingerprint density at radius 1 is 1.31 bits per heavy atom. The topological polar surface area (TPSA) is 45.0 Å². The van der Waals surface area contributed by atoms with E-state index in [9.17, 15) is 0 Å². The van der Waals surface area contributed by atoms with Crippen molar-refractivity contribution in [1.29, 1.82) is 0 Å². The van der Waals surface area contributed by atoms with Crippen LogP contribution in [0.4, 0.5) is 0 Å². The van der Waals surface area contributed by atoms with Crippen molar-refractivity contribution < 1.29 is 0 Å². The molecular weight excluding hydrogens is 198 g/mol. The molecule has 2 heterocycles. The summed E-state index contributed by atoms with van der Waals surface area (Å²) in [6, 6.07) is 0.527. The van der Waals surface area contributed by atoms with E-state index in [-0.39, 0.29) is 0 Å². The van der Waals surface area contributed by atoms with Gasteiger partial charge in [-0.3, -0.25) is 4.90 Å². The molecule has 0 fully saturated rings. The number of aryl methyl sites for hydroxylation is 1. The summed E-state index contributed by atoms with van der Waals surface area (Å²) in [4.78, 5) is 6.13. The van der Waals surface area contributed by atoms with Gasteiger partial charge in [0, 0.05) is 17.9 Å². The third kappa shape index (κ3) is 1.42. The highest BCUT2D eigenvalue weighted by molar-refractivity contribution is 5.42. The Bertz CT molecular complexity index is 394. The van der Waals surface area contributed by atoms with E-state index in [1.165, 1.54) is 43.6 Å². The van der Waals surface area contributed by atoms with Gasteiger partial charge in [-0.1, -0.05) is 0 Å². The quantitative estimate of drug-likeness (QED) is 0.789. The summed E-state index contributed by atoms with van der Waals surface area (Å²) in [5.74, 6) is 0. The molecule has 0 saturated heterocycles. The lowest BCUT2D eigenvalue weighted by molar-refractivity contribution is 0.217. The third-order valence-electron chi connectivity index (χ3n) is 4.21. The van der Waals surface area contributed by atoms with E-state index in [1.54, 1.807) is 11.1 Å². The highest BCUT2D eigenvalue weighted by atomic mass is 15.1. The fraction of sp³-hybridized carbons (Fsp3) is 0.692. The number of nitrogens with zero attached hydrogens (tertiary/aromatic N) is 1. The van der Waals surface area contributed by atoms with E-state index in [1.807, 2.05) is 0 Å². The maximum absolute atomic E-state index is 5.73. The molecule has 3 heteroatoms. The summed E-state index contributed by atoms with van der Waals surface area (Å²) in [6.07, 6.45) is 6.18. The fourth-order valence-corrected chi connectivity index (χ4v) is 3.37. The van der Waals surface area contributed by atoms with Crippen molar-refractivity contribution in [3.05, 3.63) is 22.5 Å². The lowest BCUT2D eigenvalue weighted by atomic mass is 9.95. The minimum absolute atomic E-state index is 0.527. The van der Waals surface area contributed by atoms with Crippen molar-refractivity contribution in [1.82, 2.24) is 9.88 Å². The van der Waals surface area contributed by atoms with Crippen LogP contribution in [-0.2, 0) is 19.3 Å². The van der Waals surface area contributed by atoms with Gasteiger partial charge in [0.2, 0.25) is 0 Å². The molecule has 0 aromatic carbocycles. The van der Waals surface area contributed by atoms with Crippen molar-refractivity contribution in [3.63, 3.8) is 0 Å². The zero-order valence-electron chi connectivity index (χ0n) is 10.1. The number of hydrogen-bond donors (Lipinski definition) is 2. The first-order valence-corrected chi connectivity index (χ1v) is 6.44. The highest BCUT2D eigenvalue weighted by Crippen LogP contribution is 2.37. The predicted molar refractivity (Wildman–Crippen MR) is 65.6 cm³/mol. The van der Waals surface area contributed by atoms with Gasteiger partial charge in [-0.15, -0.1) is 0 Å². The second-order valence-electron chi connectivity index (χ2n) is 5.15. The van der Waals surface area contributed by atoms with E-state index in [4.69, 9.17) is 5.73 Å². The Kier molecular flexibility index (Phi) is 2.52. The van der Waals surface area contributed by atoms with Gasteiger partial charge in [0.15, 0.2) is 0 Å². The second kappa shape index (κ2) is 3.90. The standard InChI is InChI=1S/C13H21N3/c1-16-8-6-10-9-3-2-4-11(9)15-13(10)12(16)5-7-14/h12,15H,2-8,14H2,1H3. The van der Waals surface area contributed by atoms with Crippen molar-refractivity contribution >= 4 is 0 Å². The first-order chi connectivity index (χ1) is 7.81. The fourth-order valence-electron chi connectivity index (χ4n) is 3.37. The molecule has 1 atom stereocenters. The van der Waals surface area contributed by atoms with E-state index in [0.717, 1.165) is 13.0 Å². The molecule has 1 aliphatic carbocycles. The molecule has 1 aliphatic heterocycles. The molecule has 0 radical (unpaired) electrons. The zero-order valence-corrected chi connectivity index (χ0v) is 10.1. The van der Waals surface area contributed by atoms with Crippen LogP contribution in [0.25, 0.3) is 0 Å². The van der Waals surface area contributed by atoms with Crippen LogP contribution >= 0.6 is 0 Å². The van der Waals surface area contributed by atoms with Crippen LogP contribution in [-0.4, -0.2) is 30.0 Å². The van der Waals surface area contributed by atoms with Crippen LogP contribution in [0.2, 0.25) is 0 Å². The number of likely N-dealkylation sites (N-methyl/N-ethyl adjacent to an activating group) is 1. The lowest BCUT2D eigenvalue weighted by Crippen LogP contribution is -2.33. The molecule has 88 valence electrons. The number of aromatic amines is 1. The van der Waals surface area contributed by atoms with Crippen LogP contribution in [0.3, 0.4) is 0 Å². The van der Waals surface area contributed by atoms with Crippen LogP contribution < -0.4 is 5.73 Å². The van der Waals surface area contributed by atoms with Crippen molar-refractivity contribution in [3.8, 4) is 0 Å². The van der Waals surface area contributed by atoms with E-state index >= 15 is 0 Å². The van der Waals surface area contributed by atoms with Crippen LogP contribution in [0.1, 0.15) is 41.4 Å². The first-order valence-electron chi connectivity index (χ1n) is 6.44. The number of H-pyrrole nitrogens is 1. The van der Waals surface area contributed by atoms with Gasteiger partial charge in [-0.2, -0.15) is 0 Å².